The number of para-hydroxylation sites is 1. The van der Waals surface area contributed by atoms with Crippen molar-refractivity contribution in [2.75, 3.05) is 32.5 Å². The molecule has 4 rings (SSSR count). The smallest absolute Gasteiger partial charge is 0.267 e. The summed E-state index contributed by atoms with van der Waals surface area (Å²) in [6, 6.07) is 14.3. The lowest BCUT2D eigenvalue weighted by Gasteiger charge is -2.32. The van der Waals surface area contributed by atoms with E-state index in [1.807, 2.05) is 24.3 Å². The van der Waals surface area contributed by atoms with Gasteiger partial charge in [-0.05, 0) is 48.2 Å². The zero-order chi connectivity index (χ0) is 26.5. The second kappa shape index (κ2) is 11.2. The Hall–Kier alpha value is -4.31. The molecular formula is C27H31N5O5. The van der Waals surface area contributed by atoms with Crippen LogP contribution in [0, 0.1) is 0 Å². The molecule has 3 aromatic rings. The molecule has 6 N–H and O–H groups in total. The minimum atomic E-state index is -0.656. The summed E-state index contributed by atoms with van der Waals surface area (Å²) >= 11 is 0. The van der Waals surface area contributed by atoms with Crippen LogP contribution in [-0.2, 0) is 11.3 Å². The highest BCUT2D eigenvalue weighted by molar-refractivity contribution is 5.98. The first kappa shape index (κ1) is 25.8. The third kappa shape index (κ3) is 5.44. The van der Waals surface area contributed by atoms with Gasteiger partial charge in [0.2, 0.25) is 5.91 Å². The van der Waals surface area contributed by atoms with Crippen molar-refractivity contribution >= 4 is 23.4 Å². The number of nitrogens with zero attached hydrogens (tertiary/aromatic N) is 2. The standard InChI is InChI=1S/C27H31N5O5/c1-37-22-7-3-2-6-20(22)27(36)30-13-17-8-10-19(11-9-17)32-15-21(24(28)25(32)26(29)35)18-5-4-12-31(14-18)23(34)16-33/h2-3,6-11,15,18,33H,4-5,12-14,16,28H2,1H3,(H2,29,35)(H,30,36). The van der Waals surface area contributed by atoms with E-state index in [9.17, 15) is 19.5 Å². The van der Waals surface area contributed by atoms with Crippen LogP contribution in [0.2, 0.25) is 0 Å². The van der Waals surface area contributed by atoms with Crippen molar-refractivity contribution in [3.63, 3.8) is 0 Å². The van der Waals surface area contributed by atoms with Gasteiger partial charge in [0.05, 0.1) is 18.4 Å². The summed E-state index contributed by atoms with van der Waals surface area (Å²) in [7, 11) is 1.52. The number of aliphatic hydroxyl groups excluding tert-OH is 1. The van der Waals surface area contributed by atoms with Crippen LogP contribution in [0.25, 0.3) is 5.69 Å². The number of benzene rings is 2. The first-order valence-corrected chi connectivity index (χ1v) is 12.0. The van der Waals surface area contributed by atoms with E-state index in [-0.39, 0.29) is 23.4 Å². The number of anilines is 1. The lowest BCUT2D eigenvalue weighted by Crippen LogP contribution is -2.40. The number of carbonyl (C=O) groups is 3. The summed E-state index contributed by atoms with van der Waals surface area (Å²) in [4.78, 5) is 38.5. The second-order valence-corrected chi connectivity index (χ2v) is 8.97. The van der Waals surface area contributed by atoms with Crippen LogP contribution in [0.5, 0.6) is 5.75 Å². The number of piperidine rings is 1. The highest BCUT2D eigenvalue weighted by Crippen LogP contribution is 2.35. The van der Waals surface area contributed by atoms with Gasteiger partial charge >= 0.3 is 0 Å². The first-order valence-electron chi connectivity index (χ1n) is 12.0. The average Bonchev–Trinajstić information content (AvgIpc) is 3.28. The first-order chi connectivity index (χ1) is 17.8. The molecule has 194 valence electrons. The van der Waals surface area contributed by atoms with E-state index in [0.29, 0.717) is 42.3 Å². The lowest BCUT2D eigenvalue weighted by atomic mass is 9.91. The van der Waals surface area contributed by atoms with Crippen LogP contribution in [0.15, 0.2) is 54.7 Å². The van der Waals surface area contributed by atoms with Gasteiger partial charge in [-0.25, -0.2) is 0 Å². The minimum Gasteiger partial charge on any atom is -0.496 e. The molecule has 2 aromatic carbocycles. The molecule has 1 aliphatic rings. The van der Waals surface area contributed by atoms with Crippen LogP contribution >= 0.6 is 0 Å². The number of nitrogen functional groups attached to an aromatic ring is 1. The molecule has 10 heteroatoms. The molecule has 1 aliphatic heterocycles. The molecule has 1 aromatic heterocycles. The average molecular weight is 506 g/mol. The molecule has 0 aliphatic carbocycles. The molecular weight excluding hydrogens is 474 g/mol. The fraction of sp³-hybridized carbons (Fsp3) is 0.296. The number of primary amides is 1. The maximum Gasteiger partial charge on any atom is 0.267 e. The quantitative estimate of drug-likeness (QED) is 0.366. The summed E-state index contributed by atoms with van der Waals surface area (Å²) in [5, 5.41) is 12.1. The summed E-state index contributed by atoms with van der Waals surface area (Å²) in [6.45, 7) is 0.752. The zero-order valence-electron chi connectivity index (χ0n) is 20.6. The Kier molecular flexibility index (Phi) is 7.78. The van der Waals surface area contributed by atoms with Crippen molar-refractivity contribution in [2.45, 2.75) is 25.3 Å². The molecule has 1 unspecified atom stereocenters. The number of carbonyl (C=O) groups excluding carboxylic acids is 3. The Morgan fingerprint density at radius 1 is 1.14 bits per heavy atom. The van der Waals surface area contributed by atoms with E-state index in [1.54, 1.807) is 39.9 Å². The molecule has 1 fully saturated rings. The summed E-state index contributed by atoms with van der Waals surface area (Å²) in [6.07, 6.45) is 3.36. The molecule has 10 nitrogen and oxygen atoms in total. The van der Waals surface area contributed by atoms with Gasteiger partial charge in [0.25, 0.3) is 11.8 Å². The van der Waals surface area contributed by atoms with Crippen LogP contribution < -0.4 is 21.5 Å². The summed E-state index contributed by atoms with van der Waals surface area (Å²) in [5.41, 5.74) is 15.3. The fourth-order valence-electron chi connectivity index (χ4n) is 4.76. The normalized spacial score (nSPS) is 15.3. The van der Waals surface area contributed by atoms with Gasteiger partial charge in [-0.1, -0.05) is 24.3 Å². The number of aromatic nitrogens is 1. The van der Waals surface area contributed by atoms with Gasteiger partial charge in [0, 0.05) is 37.4 Å². The van der Waals surface area contributed by atoms with E-state index in [4.69, 9.17) is 16.2 Å². The number of hydrogen-bond donors (Lipinski definition) is 4. The Bertz CT molecular complexity index is 1300. The van der Waals surface area contributed by atoms with Crippen molar-refractivity contribution in [3.8, 4) is 11.4 Å². The molecule has 0 radical (unpaired) electrons. The van der Waals surface area contributed by atoms with Crippen molar-refractivity contribution in [1.29, 1.82) is 0 Å². The van der Waals surface area contributed by atoms with Crippen LogP contribution in [0.1, 0.15) is 50.7 Å². The number of amides is 3. The van der Waals surface area contributed by atoms with Gasteiger partial charge in [-0.15, -0.1) is 0 Å². The molecule has 0 spiro atoms. The van der Waals surface area contributed by atoms with Gasteiger partial charge in [-0.3, -0.25) is 14.4 Å². The molecule has 1 saturated heterocycles. The number of nitrogens with one attached hydrogen (secondary N) is 1. The van der Waals surface area contributed by atoms with Gasteiger partial charge in [0.1, 0.15) is 18.1 Å². The molecule has 0 bridgehead atoms. The topological polar surface area (TPSA) is 153 Å². The van der Waals surface area contributed by atoms with E-state index in [2.05, 4.69) is 5.32 Å². The Morgan fingerprint density at radius 3 is 2.54 bits per heavy atom. The second-order valence-electron chi connectivity index (χ2n) is 8.97. The predicted octanol–water partition coefficient (Wildman–Crippen LogP) is 1.80. The third-order valence-corrected chi connectivity index (χ3v) is 6.68. The molecule has 3 amide bonds. The Morgan fingerprint density at radius 2 is 1.86 bits per heavy atom. The Labute approximate surface area is 214 Å². The number of nitrogens with two attached hydrogens (primary N) is 2. The number of hydrogen-bond acceptors (Lipinski definition) is 6. The van der Waals surface area contributed by atoms with Crippen molar-refractivity contribution in [2.24, 2.45) is 5.73 Å². The zero-order valence-corrected chi connectivity index (χ0v) is 20.6. The number of rotatable bonds is 8. The lowest BCUT2D eigenvalue weighted by molar-refractivity contribution is -0.135. The van der Waals surface area contributed by atoms with Gasteiger partial charge in [0.15, 0.2) is 0 Å². The summed E-state index contributed by atoms with van der Waals surface area (Å²) in [5.74, 6) is -0.811. The SMILES string of the molecule is COc1ccccc1C(=O)NCc1ccc(-n2cc(C3CCCN(C(=O)CO)C3)c(N)c2C(N)=O)cc1. The number of likely N-dealkylation sites (tertiary alicyclic amines) is 1. The molecule has 2 heterocycles. The summed E-state index contributed by atoms with van der Waals surface area (Å²) < 4.78 is 6.91. The van der Waals surface area contributed by atoms with E-state index in [1.165, 1.54) is 7.11 Å². The number of ether oxygens (including phenoxy) is 1. The Balaban J connectivity index is 1.53. The largest absolute Gasteiger partial charge is 0.496 e. The fourth-order valence-corrected chi connectivity index (χ4v) is 4.76. The maximum atomic E-state index is 12.6. The molecule has 37 heavy (non-hydrogen) atoms. The maximum absolute atomic E-state index is 12.6. The van der Waals surface area contributed by atoms with Crippen LogP contribution in [0.3, 0.4) is 0 Å². The highest BCUT2D eigenvalue weighted by atomic mass is 16.5. The highest BCUT2D eigenvalue weighted by Gasteiger charge is 2.29. The number of methoxy groups -OCH3 is 1. The van der Waals surface area contributed by atoms with E-state index < -0.39 is 12.5 Å². The van der Waals surface area contributed by atoms with Crippen molar-refractivity contribution < 1.29 is 24.2 Å². The molecule has 0 saturated carbocycles. The number of aliphatic hydroxyl groups is 1. The minimum absolute atomic E-state index is 0.0759. The van der Waals surface area contributed by atoms with Crippen LogP contribution in [0.4, 0.5) is 5.69 Å². The van der Waals surface area contributed by atoms with Crippen molar-refractivity contribution in [3.05, 3.63) is 77.1 Å². The van der Waals surface area contributed by atoms with E-state index >= 15 is 0 Å². The third-order valence-electron chi connectivity index (χ3n) is 6.68. The molecule has 1 atom stereocenters. The predicted molar refractivity (Wildman–Crippen MR) is 139 cm³/mol. The van der Waals surface area contributed by atoms with Gasteiger partial charge < -0.3 is 36.1 Å². The van der Waals surface area contributed by atoms with Crippen LogP contribution in [-0.4, -0.2) is 59.1 Å². The van der Waals surface area contributed by atoms with E-state index in [0.717, 1.165) is 24.0 Å². The van der Waals surface area contributed by atoms with Gasteiger partial charge in [-0.2, -0.15) is 0 Å². The van der Waals surface area contributed by atoms with Crippen molar-refractivity contribution in [1.82, 2.24) is 14.8 Å². The monoisotopic (exact) mass is 505 g/mol.